The number of benzene rings is 2. The predicted molar refractivity (Wildman–Crippen MR) is 74.1 cm³/mol. The van der Waals surface area contributed by atoms with Gasteiger partial charge in [0, 0.05) is 17.7 Å². The molecule has 2 aromatic carbocycles. The van der Waals surface area contributed by atoms with Gasteiger partial charge < -0.3 is 0 Å². The zero-order chi connectivity index (χ0) is 16.3. The van der Waals surface area contributed by atoms with Crippen molar-refractivity contribution >= 4 is 21.6 Å². The Labute approximate surface area is 124 Å². The minimum Gasteiger partial charge on any atom is -0.268 e. The van der Waals surface area contributed by atoms with Crippen molar-refractivity contribution in [2.24, 2.45) is 0 Å². The first-order valence-corrected chi connectivity index (χ1v) is 7.35. The fourth-order valence-corrected chi connectivity index (χ4v) is 2.62. The number of non-ortho nitro benzene ring substituents is 1. The van der Waals surface area contributed by atoms with E-state index in [9.17, 15) is 27.7 Å². The number of carbonyl (C=O) groups excluding carboxylic acids is 1. The van der Waals surface area contributed by atoms with Crippen LogP contribution in [-0.4, -0.2) is 19.2 Å². The second-order valence-corrected chi connectivity index (χ2v) is 5.88. The van der Waals surface area contributed by atoms with E-state index in [-0.39, 0.29) is 5.56 Å². The molecule has 114 valence electrons. The van der Waals surface area contributed by atoms with Crippen molar-refractivity contribution in [3.05, 3.63) is 70.0 Å². The molecule has 0 bridgehead atoms. The van der Waals surface area contributed by atoms with Crippen LogP contribution in [0.15, 0.2) is 53.4 Å². The Morgan fingerprint density at radius 3 is 2.36 bits per heavy atom. The van der Waals surface area contributed by atoms with E-state index in [1.54, 1.807) is 4.72 Å². The third-order valence-corrected chi connectivity index (χ3v) is 4.00. The van der Waals surface area contributed by atoms with Crippen LogP contribution < -0.4 is 4.72 Å². The fraction of sp³-hybridized carbons (Fsp3) is 0. The molecule has 0 fully saturated rings. The summed E-state index contributed by atoms with van der Waals surface area (Å²) in [6, 6.07) is 8.52. The Morgan fingerprint density at radius 2 is 1.77 bits per heavy atom. The molecule has 1 N–H and O–H groups in total. The smallest absolute Gasteiger partial charge is 0.268 e. The highest BCUT2D eigenvalue weighted by molar-refractivity contribution is 7.90. The molecule has 0 radical (unpaired) electrons. The molecule has 0 atom stereocenters. The number of nitro benzene ring substituents is 1. The molecule has 0 aliphatic carbocycles. The second-order valence-electron chi connectivity index (χ2n) is 4.20. The van der Waals surface area contributed by atoms with E-state index < -0.39 is 37.3 Å². The zero-order valence-electron chi connectivity index (χ0n) is 10.9. The van der Waals surface area contributed by atoms with Crippen molar-refractivity contribution in [3.63, 3.8) is 0 Å². The largest absolute Gasteiger partial charge is 0.270 e. The van der Waals surface area contributed by atoms with E-state index in [2.05, 4.69) is 0 Å². The van der Waals surface area contributed by atoms with Crippen LogP contribution in [0.4, 0.5) is 10.1 Å². The highest BCUT2D eigenvalue weighted by Gasteiger charge is 2.21. The molecule has 0 unspecified atom stereocenters. The lowest BCUT2D eigenvalue weighted by Gasteiger charge is -2.06. The van der Waals surface area contributed by atoms with Crippen LogP contribution in [-0.2, 0) is 10.0 Å². The topological polar surface area (TPSA) is 106 Å². The van der Waals surface area contributed by atoms with Gasteiger partial charge in [-0.1, -0.05) is 6.07 Å². The molecule has 9 heteroatoms. The van der Waals surface area contributed by atoms with Crippen molar-refractivity contribution < 1.29 is 22.5 Å². The minimum absolute atomic E-state index is 0.0598. The number of sulfonamides is 1. The molecular weight excluding hydrogens is 315 g/mol. The average Bonchev–Trinajstić information content (AvgIpc) is 2.47. The molecule has 0 aliphatic rings. The molecule has 0 saturated carbocycles. The lowest BCUT2D eigenvalue weighted by molar-refractivity contribution is -0.385. The normalized spacial score (nSPS) is 11.0. The van der Waals surface area contributed by atoms with Crippen molar-refractivity contribution in [2.75, 3.05) is 0 Å². The third-order valence-electron chi connectivity index (χ3n) is 2.67. The Bertz CT molecular complexity index is 834. The molecule has 22 heavy (non-hydrogen) atoms. The Kier molecular flexibility index (Phi) is 4.18. The van der Waals surface area contributed by atoms with Crippen LogP contribution in [0.3, 0.4) is 0 Å². The molecule has 0 spiro atoms. The molecular formula is C13H9FN2O5S. The third kappa shape index (κ3) is 3.44. The zero-order valence-corrected chi connectivity index (χ0v) is 11.7. The summed E-state index contributed by atoms with van der Waals surface area (Å²) in [6.07, 6.45) is 0. The van der Waals surface area contributed by atoms with E-state index in [4.69, 9.17) is 0 Å². The first-order chi connectivity index (χ1) is 10.3. The maximum Gasteiger partial charge on any atom is 0.270 e. The predicted octanol–water partition coefficient (Wildman–Crippen LogP) is 1.85. The van der Waals surface area contributed by atoms with Crippen LogP contribution in [0.1, 0.15) is 10.4 Å². The van der Waals surface area contributed by atoms with Crippen LogP contribution in [0.25, 0.3) is 0 Å². The Balaban J connectivity index is 2.27. The van der Waals surface area contributed by atoms with Crippen molar-refractivity contribution in [1.82, 2.24) is 4.72 Å². The highest BCUT2D eigenvalue weighted by atomic mass is 32.2. The molecule has 7 nitrogen and oxygen atoms in total. The number of amides is 1. The number of nitrogens with one attached hydrogen (secondary N) is 1. The van der Waals surface area contributed by atoms with Crippen LogP contribution in [0, 0.1) is 15.9 Å². The summed E-state index contributed by atoms with van der Waals surface area (Å²) in [6.45, 7) is 0. The van der Waals surface area contributed by atoms with Gasteiger partial charge in [-0.25, -0.2) is 17.5 Å². The van der Waals surface area contributed by atoms with E-state index in [1.165, 1.54) is 6.07 Å². The number of hydrogen-bond acceptors (Lipinski definition) is 5. The van der Waals surface area contributed by atoms with Gasteiger partial charge in [0.1, 0.15) is 5.82 Å². The highest BCUT2D eigenvalue weighted by Crippen LogP contribution is 2.17. The van der Waals surface area contributed by atoms with E-state index in [0.717, 1.165) is 42.5 Å². The number of hydrogen-bond donors (Lipinski definition) is 1. The van der Waals surface area contributed by atoms with Gasteiger partial charge in [-0.2, -0.15) is 0 Å². The maximum absolute atomic E-state index is 12.8. The number of rotatable bonds is 4. The van der Waals surface area contributed by atoms with Crippen LogP contribution in [0.5, 0.6) is 0 Å². The molecule has 2 aromatic rings. The molecule has 0 heterocycles. The summed E-state index contributed by atoms with van der Waals surface area (Å²) in [7, 11) is -4.27. The standard InChI is InChI=1S/C13H9FN2O5S/c14-10-6-4-9(5-7-10)13(17)15-22(20,21)12-3-1-2-11(8-12)16(18)19/h1-8H,(H,15,17). The summed E-state index contributed by atoms with van der Waals surface area (Å²) >= 11 is 0. The lowest BCUT2D eigenvalue weighted by Crippen LogP contribution is -2.30. The van der Waals surface area contributed by atoms with Crippen molar-refractivity contribution in [3.8, 4) is 0 Å². The minimum atomic E-state index is -4.27. The van der Waals surface area contributed by atoms with E-state index in [1.807, 2.05) is 0 Å². The van der Waals surface area contributed by atoms with E-state index in [0.29, 0.717) is 0 Å². The van der Waals surface area contributed by atoms with Gasteiger partial charge >= 0.3 is 0 Å². The van der Waals surface area contributed by atoms with Gasteiger partial charge in [0.25, 0.3) is 21.6 Å². The average molecular weight is 324 g/mol. The monoisotopic (exact) mass is 324 g/mol. The fourth-order valence-electron chi connectivity index (χ4n) is 1.61. The first kappa shape index (κ1) is 15.6. The van der Waals surface area contributed by atoms with Gasteiger partial charge in [-0.05, 0) is 30.3 Å². The number of halogens is 1. The van der Waals surface area contributed by atoms with Gasteiger partial charge in [-0.15, -0.1) is 0 Å². The number of carbonyl (C=O) groups is 1. The quantitative estimate of drug-likeness (QED) is 0.682. The molecule has 1 amide bonds. The lowest BCUT2D eigenvalue weighted by atomic mass is 10.2. The first-order valence-electron chi connectivity index (χ1n) is 5.87. The SMILES string of the molecule is O=C(NS(=O)(=O)c1cccc([N+](=O)[O-])c1)c1ccc(F)cc1. The maximum atomic E-state index is 12.8. The molecule has 0 saturated heterocycles. The van der Waals surface area contributed by atoms with Gasteiger partial charge in [0.2, 0.25) is 0 Å². The van der Waals surface area contributed by atoms with E-state index >= 15 is 0 Å². The van der Waals surface area contributed by atoms with Gasteiger partial charge in [0.15, 0.2) is 0 Å². The van der Waals surface area contributed by atoms with Crippen LogP contribution >= 0.6 is 0 Å². The summed E-state index contributed by atoms with van der Waals surface area (Å²) in [4.78, 5) is 21.3. The summed E-state index contributed by atoms with van der Waals surface area (Å²) in [5.74, 6) is -1.54. The summed E-state index contributed by atoms with van der Waals surface area (Å²) < 4.78 is 38.6. The van der Waals surface area contributed by atoms with Gasteiger partial charge in [-0.3, -0.25) is 14.9 Å². The molecule has 0 aliphatic heterocycles. The molecule has 0 aromatic heterocycles. The number of nitrogens with zero attached hydrogens (tertiary/aromatic N) is 1. The summed E-state index contributed by atoms with van der Waals surface area (Å²) in [5.41, 5.74) is -0.479. The van der Waals surface area contributed by atoms with Crippen LogP contribution in [0.2, 0.25) is 0 Å². The number of nitro groups is 1. The van der Waals surface area contributed by atoms with Gasteiger partial charge in [0.05, 0.1) is 9.82 Å². The molecule has 2 rings (SSSR count). The van der Waals surface area contributed by atoms with Crippen molar-refractivity contribution in [2.45, 2.75) is 4.90 Å². The Hall–Kier alpha value is -2.81. The Morgan fingerprint density at radius 1 is 1.14 bits per heavy atom. The summed E-state index contributed by atoms with van der Waals surface area (Å²) in [5, 5.41) is 10.6. The van der Waals surface area contributed by atoms with Crippen molar-refractivity contribution in [1.29, 1.82) is 0 Å². The second kappa shape index (κ2) is 5.90.